The van der Waals surface area contributed by atoms with E-state index in [2.05, 4.69) is 9.71 Å². The quantitative estimate of drug-likeness (QED) is 0.735. The average molecular weight is 382 g/mol. The van der Waals surface area contributed by atoms with E-state index in [1.54, 1.807) is 37.3 Å². The van der Waals surface area contributed by atoms with E-state index in [0.29, 0.717) is 16.4 Å². The van der Waals surface area contributed by atoms with Crippen LogP contribution < -0.4 is 4.72 Å². The van der Waals surface area contributed by atoms with E-state index in [4.69, 9.17) is 11.6 Å². The number of halogens is 1. The molecule has 0 atom stereocenters. The molecule has 0 radical (unpaired) electrons. The van der Waals surface area contributed by atoms with Gasteiger partial charge < -0.3 is 4.57 Å². The smallest absolute Gasteiger partial charge is 0.263 e. The highest BCUT2D eigenvalue weighted by atomic mass is 35.5. The topological polar surface area (TPSA) is 64.0 Å². The Morgan fingerprint density at radius 1 is 1.25 bits per heavy atom. The normalized spacial score (nSPS) is 11.7. The number of hydrogen-bond donors (Lipinski definition) is 1. The van der Waals surface area contributed by atoms with Crippen LogP contribution in [0.3, 0.4) is 0 Å². The second kappa shape index (κ2) is 6.23. The van der Waals surface area contributed by atoms with Crippen molar-refractivity contribution in [3.8, 4) is 10.7 Å². The van der Waals surface area contributed by atoms with Crippen molar-refractivity contribution in [3.63, 3.8) is 0 Å². The second-order valence-electron chi connectivity index (χ2n) is 5.45. The number of hydrogen-bond acceptors (Lipinski definition) is 4. The van der Waals surface area contributed by atoms with Crippen LogP contribution in [0.5, 0.6) is 0 Å². The molecule has 5 nitrogen and oxygen atoms in total. The van der Waals surface area contributed by atoms with Crippen molar-refractivity contribution in [2.45, 2.75) is 18.7 Å². The third-order valence-electron chi connectivity index (χ3n) is 3.69. The summed E-state index contributed by atoms with van der Waals surface area (Å²) in [7, 11) is -1.88. The maximum absolute atomic E-state index is 12.8. The Bertz CT molecular complexity index is 1010. The second-order valence-corrected chi connectivity index (χ2v) is 8.39. The van der Waals surface area contributed by atoms with E-state index in [1.807, 2.05) is 23.9 Å². The molecule has 3 rings (SSSR count). The van der Waals surface area contributed by atoms with Crippen LogP contribution in [-0.4, -0.2) is 18.0 Å². The molecular weight excluding hydrogens is 366 g/mol. The third-order valence-corrected chi connectivity index (χ3v) is 6.41. The molecule has 0 fully saturated rings. The first-order chi connectivity index (χ1) is 11.3. The van der Waals surface area contributed by atoms with Gasteiger partial charge in [-0.15, -0.1) is 11.3 Å². The molecular formula is C16H16ClN3O2S2. The summed E-state index contributed by atoms with van der Waals surface area (Å²) in [6.07, 6.45) is 0. The Labute approximate surface area is 150 Å². The molecule has 0 amide bonds. The van der Waals surface area contributed by atoms with Gasteiger partial charge >= 0.3 is 0 Å². The molecule has 0 aliphatic heterocycles. The summed E-state index contributed by atoms with van der Waals surface area (Å²) in [5, 5.41) is 3.21. The van der Waals surface area contributed by atoms with Crippen molar-refractivity contribution in [1.29, 1.82) is 0 Å². The number of aryl methyl sites for hydroxylation is 1. The Kier molecular flexibility index (Phi) is 4.42. The van der Waals surface area contributed by atoms with Crippen LogP contribution in [0.15, 0.2) is 40.6 Å². The average Bonchev–Trinajstić information content (AvgIpc) is 3.04. The summed E-state index contributed by atoms with van der Waals surface area (Å²) in [5.41, 5.74) is 2.76. The van der Waals surface area contributed by atoms with Crippen molar-refractivity contribution in [3.05, 3.63) is 52.1 Å². The van der Waals surface area contributed by atoms with Gasteiger partial charge in [-0.1, -0.05) is 17.7 Å². The largest absolute Gasteiger partial charge is 0.345 e. The number of thiazole rings is 1. The molecule has 126 valence electrons. The standard InChI is InChI=1S/C16H16ClN3O2S2/c1-10-9-23-16(18-10)14-8-15(11(2)20(14)3)24(21,22)19-13-6-4-5-12(17)7-13/h4-9,19H,1-3H3. The Morgan fingerprint density at radius 2 is 2.00 bits per heavy atom. The molecule has 0 saturated carbocycles. The van der Waals surface area contributed by atoms with Crippen LogP contribution >= 0.6 is 22.9 Å². The zero-order chi connectivity index (χ0) is 17.5. The highest BCUT2D eigenvalue weighted by molar-refractivity contribution is 7.92. The molecule has 0 spiro atoms. The molecule has 24 heavy (non-hydrogen) atoms. The van der Waals surface area contributed by atoms with Gasteiger partial charge in [0.1, 0.15) is 9.90 Å². The molecule has 2 aromatic heterocycles. The highest BCUT2D eigenvalue weighted by Crippen LogP contribution is 2.31. The lowest BCUT2D eigenvalue weighted by Gasteiger charge is -2.08. The summed E-state index contributed by atoms with van der Waals surface area (Å²) in [6, 6.07) is 8.27. The monoisotopic (exact) mass is 381 g/mol. The molecule has 0 aliphatic carbocycles. The zero-order valence-electron chi connectivity index (χ0n) is 13.4. The van der Waals surface area contributed by atoms with Gasteiger partial charge in [-0.3, -0.25) is 4.72 Å². The first kappa shape index (κ1) is 17.0. The van der Waals surface area contributed by atoms with Crippen molar-refractivity contribution < 1.29 is 8.42 Å². The zero-order valence-corrected chi connectivity index (χ0v) is 15.8. The first-order valence-electron chi connectivity index (χ1n) is 7.15. The summed E-state index contributed by atoms with van der Waals surface area (Å²) < 4.78 is 29.9. The minimum Gasteiger partial charge on any atom is -0.345 e. The molecule has 0 unspecified atom stereocenters. The van der Waals surface area contributed by atoms with Gasteiger partial charge in [0.15, 0.2) is 0 Å². The predicted octanol–water partition coefficient (Wildman–Crippen LogP) is 4.22. The summed E-state index contributed by atoms with van der Waals surface area (Å²) in [5.74, 6) is 0. The molecule has 0 aliphatic rings. The number of benzene rings is 1. The number of nitrogens with one attached hydrogen (secondary N) is 1. The summed E-state index contributed by atoms with van der Waals surface area (Å²) in [4.78, 5) is 4.67. The highest BCUT2D eigenvalue weighted by Gasteiger charge is 2.23. The van der Waals surface area contributed by atoms with Crippen LogP contribution in [0.25, 0.3) is 10.7 Å². The van der Waals surface area contributed by atoms with Gasteiger partial charge in [0.25, 0.3) is 10.0 Å². The summed E-state index contributed by atoms with van der Waals surface area (Å²) in [6.45, 7) is 3.69. The SMILES string of the molecule is Cc1csc(-c2cc(S(=O)(=O)Nc3cccc(Cl)c3)c(C)n2C)n1. The first-order valence-corrected chi connectivity index (χ1v) is 9.89. The maximum atomic E-state index is 12.8. The Balaban J connectivity index is 2.02. The molecule has 3 aromatic rings. The molecule has 1 aromatic carbocycles. The lowest BCUT2D eigenvalue weighted by atomic mass is 10.3. The fourth-order valence-corrected chi connectivity index (χ4v) is 4.76. The minimum atomic E-state index is -3.72. The number of anilines is 1. The van der Waals surface area contributed by atoms with E-state index in [1.165, 1.54) is 11.3 Å². The Morgan fingerprint density at radius 3 is 2.62 bits per heavy atom. The number of nitrogens with zero attached hydrogens (tertiary/aromatic N) is 2. The lowest BCUT2D eigenvalue weighted by molar-refractivity contribution is 0.600. The molecule has 0 bridgehead atoms. The third kappa shape index (κ3) is 3.19. The van der Waals surface area contributed by atoms with Crippen molar-refractivity contribution in [1.82, 2.24) is 9.55 Å². The van der Waals surface area contributed by atoms with Crippen molar-refractivity contribution in [2.75, 3.05) is 4.72 Å². The minimum absolute atomic E-state index is 0.229. The van der Waals surface area contributed by atoms with Gasteiger partial charge in [0.05, 0.1) is 11.4 Å². The van der Waals surface area contributed by atoms with Gasteiger partial charge in [0, 0.05) is 28.8 Å². The van der Waals surface area contributed by atoms with Crippen LogP contribution in [-0.2, 0) is 17.1 Å². The predicted molar refractivity (Wildman–Crippen MR) is 98.3 cm³/mol. The van der Waals surface area contributed by atoms with Crippen molar-refractivity contribution in [2.24, 2.45) is 7.05 Å². The van der Waals surface area contributed by atoms with Crippen LogP contribution in [0.4, 0.5) is 5.69 Å². The molecule has 2 heterocycles. The lowest BCUT2D eigenvalue weighted by Crippen LogP contribution is -2.13. The molecule has 0 saturated heterocycles. The van der Waals surface area contributed by atoms with E-state index < -0.39 is 10.0 Å². The number of aromatic nitrogens is 2. The van der Waals surface area contributed by atoms with Gasteiger partial charge in [-0.2, -0.15) is 0 Å². The van der Waals surface area contributed by atoms with E-state index >= 15 is 0 Å². The van der Waals surface area contributed by atoms with Crippen LogP contribution in [0.1, 0.15) is 11.4 Å². The van der Waals surface area contributed by atoms with Gasteiger partial charge in [0.2, 0.25) is 0 Å². The van der Waals surface area contributed by atoms with E-state index in [9.17, 15) is 8.42 Å². The van der Waals surface area contributed by atoms with E-state index in [-0.39, 0.29) is 4.90 Å². The van der Waals surface area contributed by atoms with E-state index in [0.717, 1.165) is 16.4 Å². The summed E-state index contributed by atoms with van der Waals surface area (Å²) >= 11 is 7.41. The number of rotatable bonds is 4. The van der Waals surface area contributed by atoms with Gasteiger partial charge in [-0.25, -0.2) is 13.4 Å². The van der Waals surface area contributed by atoms with Crippen molar-refractivity contribution >= 4 is 38.6 Å². The fraction of sp³-hybridized carbons (Fsp3) is 0.188. The van der Waals surface area contributed by atoms with Gasteiger partial charge in [-0.05, 0) is 38.1 Å². The number of sulfonamides is 1. The maximum Gasteiger partial charge on any atom is 0.263 e. The van der Waals surface area contributed by atoms with Crippen LogP contribution in [0, 0.1) is 13.8 Å². The van der Waals surface area contributed by atoms with Crippen LogP contribution in [0.2, 0.25) is 5.02 Å². The Hall–Kier alpha value is -1.83. The molecule has 1 N–H and O–H groups in total. The molecule has 8 heteroatoms. The fourth-order valence-electron chi connectivity index (χ4n) is 2.38.